The van der Waals surface area contributed by atoms with Crippen LogP contribution in [-0.4, -0.2) is 20.9 Å². The van der Waals surface area contributed by atoms with E-state index in [2.05, 4.69) is 11.4 Å². The highest BCUT2D eigenvalue weighted by Crippen LogP contribution is 2.44. The Hall–Kier alpha value is -1.21. The van der Waals surface area contributed by atoms with E-state index in [4.69, 9.17) is 31.0 Å². The lowest BCUT2D eigenvalue weighted by atomic mass is 9.79. The number of hydrogen-bond acceptors (Lipinski definition) is 2. The van der Waals surface area contributed by atoms with E-state index in [0.717, 1.165) is 29.6 Å². The minimum atomic E-state index is 0.456. The maximum absolute atomic E-state index is 9.25. The van der Waals surface area contributed by atoms with E-state index < -0.39 is 0 Å². The molecule has 1 fully saturated rings. The summed E-state index contributed by atoms with van der Waals surface area (Å²) in [6.45, 7) is 1.18. The number of allylic oxidation sites excluding steroid dienone is 2. The fourth-order valence-corrected chi connectivity index (χ4v) is 3.01. The van der Waals surface area contributed by atoms with Crippen LogP contribution in [0.3, 0.4) is 0 Å². The molecule has 5 heteroatoms. The average molecular weight is 315 g/mol. The Kier molecular flexibility index (Phi) is 4.13. The van der Waals surface area contributed by atoms with E-state index in [1.165, 1.54) is 0 Å². The van der Waals surface area contributed by atoms with E-state index >= 15 is 0 Å². The van der Waals surface area contributed by atoms with Crippen LogP contribution in [0.4, 0.5) is 0 Å². The molecular weight excluding hydrogens is 302 g/mol. The molecule has 2 aliphatic rings. The van der Waals surface area contributed by atoms with Crippen LogP contribution in [0.1, 0.15) is 18.4 Å². The summed E-state index contributed by atoms with van der Waals surface area (Å²) in [4.78, 5) is 0. The first kappa shape index (κ1) is 14.7. The lowest BCUT2D eigenvalue weighted by Gasteiger charge is -2.15. The molecule has 1 N–H and O–H groups in total. The van der Waals surface area contributed by atoms with Gasteiger partial charge in [0.15, 0.2) is 0 Å². The monoisotopic (exact) mass is 314 g/mol. The summed E-state index contributed by atoms with van der Waals surface area (Å²) < 4.78 is 0. The van der Waals surface area contributed by atoms with Gasteiger partial charge in [-0.2, -0.15) is 5.26 Å². The van der Waals surface area contributed by atoms with E-state index in [-0.39, 0.29) is 0 Å². The SMILES string of the molecule is [B]C1=C(C#N)CNCC(c2ccc(Cl)c(Cl)c2)=C1C1CC1. The summed E-state index contributed by atoms with van der Waals surface area (Å²) >= 11 is 12.1. The van der Waals surface area contributed by atoms with Crippen LogP contribution in [0.25, 0.3) is 5.57 Å². The lowest BCUT2D eigenvalue weighted by Crippen LogP contribution is -2.17. The number of halogens is 2. The standard InChI is InChI=1S/C16H13BCl2N2/c17-16-11(6-20)7-21-8-12(15(16)9-1-2-9)10-3-4-13(18)14(19)5-10/h3-5,9,21H,1-2,7-8H2. The lowest BCUT2D eigenvalue weighted by molar-refractivity contribution is 0.840. The number of nitrogens with one attached hydrogen (secondary N) is 1. The highest BCUT2D eigenvalue weighted by molar-refractivity contribution is 6.42. The highest BCUT2D eigenvalue weighted by Gasteiger charge is 2.31. The second-order valence-electron chi connectivity index (χ2n) is 5.40. The van der Waals surface area contributed by atoms with Gasteiger partial charge in [-0.1, -0.05) is 34.7 Å². The van der Waals surface area contributed by atoms with Crippen molar-refractivity contribution in [3.05, 3.63) is 50.4 Å². The first-order valence-corrected chi connectivity index (χ1v) is 7.65. The Morgan fingerprint density at radius 2 is 1.95 bits per heavy atom. The third-order valence-corrected chi connectivity index (χ3v) is 4.67. The number of benzene rings is 1. The van der Waals surface area contributed by atoms with Crippen molar-refractivity contribution in [1.29, 1.82) is 5.26 Å². The summed E-state index contributed by atoms with van der Waals surface area (Å²) in [5.41, 5.74) is 4.49. The summed E-state index contributed by atoms with van der Waals surface area (Å²) in [5, 5.41) is 13.6. The zero-order valence-electron chi connectivity index (χ0n) is 11.4. The first-order chi connectivity index (χ1) is 10.1. The second kappa shape index (κ2) is 5.89. The maximum atomic E-state index is 9.25. The molecule has 1 aliphatic carbocycles. The smallest absolute Gasteiger partial charge is 0.115 e. The molecule has 0 amide bonds. The van der Waals surface area contributed by atoms with Gasteiger partial charge in [-0.15, -0.1) is 0 Å². The van der Waals surface area contributed by atoms with Gasteiger partial charge < -0.3 is 5.32 Å². The van der Waals surface area contributed by atoms with E-state index in [1.54, 1.807) is 6.07 Å². The van der Waals surface area contributed by atoms with Gasteiger partial charge in [0, 0.05) is 18.7 Å². The van der Waals surface area contributed by atoms with Gasteiger partial charge in [0.05, 0.1) is 16.1 Å². The normalized spacial score (nSPS) is 19.5. The molecule has 1 aliphatic heterocycles. The van der Waals surface area contributed by atoms with Crippen LogP contribution in [0.15, 0.2) is 34.8 Å². The number of hydrogen-bond donors (Lipinski definition) is 1. The number of rotatable bonds is 2. The summed E-state index contributed by atoms with van der Waals surface area (Å²) in [6.07, 6.45) is 2.25. The van der Waals surface area contributed by atoms with Crippen LogP contribution in [0.2, 0.25) is 10.0 Å². The van der Waals surface area contributed by atoms with Crippen LogP contribution in [0, 0.1) is 17.2 Å². The molecule has 1 aromatic rings. The summed E-state index contributed by atoms with van der Waals surface area (Å²) in [5.74, 6) is 0.456. The predicted octanol–water partition coefficient (Wildman–Crippen LogP) is 3.71. The van der Waals surface area contributed by atoms with E-state index in [0.29, 0.717) is 40.1 Å². The molecule has 3 rings (SSSR count). The Morgan fingerprint density at radius 1 is 1.19 bits per heavy atom. The Morgan fingerprint density at radius 3 is 2.57 bits per heavy atom. The number of nitrogens with zero attached hydrogens (tertiary/aromatic N) is 1. The highest BCUT2D eigenvalue weighted by atomic mass is 35.5. The topological polar surface area (TPSA) is 35.8 Å². The van der Waals surface area contributed by atoms with Gasteiger partial charge in [0.2, 0.25) is 0 Å². The van der Waals surface area contributed by atoms with Crippen molar-refractivity contribution in [2.24, 2.45) is 5.92 Å². The molecule has 21 heavy (non-hydrogen) atoms. The summed E-state index contributed by atoms with van der Waals surface area (Å²) in [7, 11) is 6.27. The summed E-state index contributed by atoms with van der Waals surface area (Å²) in [6, 6.07) is 7.83. The van der Waals surface area contributed by atoms with Crippen molar-refractivity contribution < 1.29 is 0 Å². The molecule has 2 radical (unpaired) electrons. The first-order valence-electron chi connectivity index (χ1n) is 6.90. The molecule has 0 spiro atoms. The number of nitriles is 1. The molecule has 1 saturated carbocycles. The van der Waals surface area contributed by atoms with E-state index in [9.17, 15) is 5.26 Å². The quantitative estimate of drug-likeness (QED) is 0.845. The molecular formula is C16H13BCl2N2. The molecule has 104 valence electrons. The maximum Gasteiger partial charge on any atom is 0.115 e. The molecule has 0 saturated heterocycles. The Balaban J connectivity index is 2.16. The second-order valence-corrected chi connectivity index (χ2v) is 6.22. The van der Waals surface area contributed by atoms with Crippen molar-refractivity contribution >= 4 is 36.6 Å². The zero-order valence-corrected chi connectivity index (χ0v) is 12.9. The predicted molar refractivity (Wildman–Crippen MR) is 87.4 cm³/mol. The van der Waals surface area contributed by atoms with Crippen molar-refractivity contribution in [1.82, 2.24) is 5.32 Å². The minimum Gasteiger partial charge on any atom is -0.308 e. The van der Waals surface area contributed by atoms with E-state index in [1.807, 2.05) is 12.1 Å². The van der Waals surface area contributed by atoms with Gasteiger partial charge in [0.25, 0.3) is 0 Å². The van der Waals surface area contributed by atoms with Gasteiger partial charge in [-0.3, -0.25) is 0 Å². The molecule has 1 heterocycles. The largest absolute Gasteiger partial charge is 0.308 e. The van der Waals surface area contributed by atoms with Crippen LogP contribution < -0.4 is 5.32 Å². The van der Waals surface area contributed by atoms with Crippen LogP contribution in [0.5, 0.6) is 0 Å². The fraction of sp³-hybridized carbons (Fsp3) is 0.312. The third kappa shape index (κ3) is 2.89. The van der Waals surface area contributed by atoms with Crippen molar-refractivity contribution in [2.45, 2.75) is 12.8 Å². The molecule has 0 unspecified atom stereocenters. The van der Waals surface area contributed by atoms with Crippen molar-refractivity contribution in [2.75, 3.05) is 13.1 Å². The van der Waals surface area contributed by atoms with Crippen molar-refractivity contribution in [3.63, 3.8) is 0 Å². The van der Waals surface area contributed by atoms with Gasteiger partial charge in [-0.05, 0) is 47.6 Å². The molecule has 2 nitrogen and oxygen atoms in total. The van der Waals surface area contributed by atoms with Crippen LogP contribution >= 0.6 is 23.2 Å². The van der Waals surface area contributed by atoms with Crippen molar-refractivity contribution in [3.8, 4) is 6.07 Å². The molecule has 1 aromatic carbocycles. The Labute approximate surface area is 135 Å². The fourth-order valence-electron chi connectivity index (χ4n) is 2.71. The molecule has 0 atom stereocenters. The van der Waals surface area contributed by atoms with Gasteiger partial charge >= 0.3 is 0 Å². The zero-order chi connectivity index (χ0) is 15.0. The van der Waals surface area contributed by atoms with Gasteiger partial charge in [-0.25, -0.2) is 0 Å². The Bertz CT molecular complexity index is 697. The van der Waals surface area contributed by atoms with Crippen LogP contribution in [-0.2, 0) is 0 Å². The minimum absolute atomic E-state index is 0.456. The third-order valence-electron chi connectivity index (χ3n) is 3.93. The molecule has 0 bridgehead atoms. The van der Waals surface area contributed by atoms with Gasteiger partial charge in [0.1, 0.15) is 7.85 Å². The average Bonchev–Trinajstić information content (AvgIpc) is 3.29. The molecule has 0 aromatic heterocycles.